The minimum Gasteiger partial charge on any atom is -0.497 e. The molecular weight excluding hydrogens is 242 g/mol. The lowest BCUT2D eigenvalue weighted by atomic mass is 9.94. The lowest BCUT2D eigenvalue weighted by molar-refractivity contribution is 0.0470. The summed E-state index contributed by atoms with van der Waals surface area (Å²) in [7, 11) is 1.62. The smallest absolute Gasteiger partial charge is 0.408 e. The molecule has 0 radical (unpaired) electrons. The van der Waals surface area contributed by atoms with Crippen LogP contribution in [0.3, 0.4) is 0 Å². The van der Waals surface area contributed by atoms with E-state index < -0.39 is 17.2 Å². The molecule has 0 saturated carbocycles. The third-order valence-corrected chi connectivity index (χ3v) is 2.60. The zero-order chi connectivity index (χ0) is 14.7. The van der Waals surface area contributed by atoms with Gasteiger partial charge in [-0.2, -0.15) is 0 Å². The number of rotatable bonds is 3. The van der Waals surface area contributed by atoms with Crippen LogP contribution in [0.15, 0.2) is 24.3 Å². The van der Waals surface area contributed by atoms with E-state index >= 15 is 0 Å². The molecular formula is C15H23NO3. The second kappa shape index (κ2) is 5.51. The Labute approximate surface area is 115 Å². The molecule has 1 amide bonds. The van der Waals surface area contributed by atoms with Crippen molar-refractivity contribution in [3.63, 3.8) is 0 Å². The average molecular weight is 265 g/mol. The van der Waals surface area contributed by atoms with Crippen molar-refractivity contribution in [2.24, 2.45) is 0 Å². The molecule has 0 atom stereocenters. The van der Waals surface area contributed by atoms with Crippen molar-refractivity contribution in [3.05, 3.63) is 29.8 Å². The molecule has 0 heterocycles. The van der Waals surface area contributed by atoms with Crippen LogP contribution in [0, 0.1) is 0 Å². The van der Waals surface area contributed by atoms with Crippen molar-refractivity contribution in [2.45, 2.75) is 45.8 Å². The largest absolute Gasteiger partial charge is 0.497 e. The van der Waals surface area contributed by atoms with Crippen LogP contribution in [0.25, 0.3) is 0 Å². The zero-order valence-corrected chi connectivity index (χ0v) is 12.5. The van der Waals surface area contributed by atoms with Crippen LogP contribution in [0.5, 0.6) is 5.75 Å². The summed E-state index contributed by atoms with van der Waals surface area (Å²) in [5, 5.41) is 2.86. The van der Waals surface area contributed by atoms with Crippen LogP contribution >= 0.6 is 0 Å². The summed E-state index contributed by atoms with van der Waals surface area (Å²) in [6, 6.07) is 7.61. The molecule has 0 fully saturated rings. The highest BCUT2D eigenvalue weighted by Crippen LogP contribution is 2.24. The summed E-state index contributed by atoms with van der Waals surface area (Å²) in [5.74, 6) is 0.761. The molecule has 4 heteroatoms. The van der Waals surface area contributed by atoms with E-state index in [1.165, 1.54) is 0 Å². The van der Waals surface area contributed by atoms with Gasteiger partial charge in [0.25, 0.3) is 0 Å². The first kappa shape index (κ1) is 15.3. The Morgan fingerprint density at radius 1 is 1.16 bits per heavy atom. The average Bonchev–Trinajstić information content (AvgIpc) is 2.25. The molecule has 4 nitrogen and oxygen atoms in total. The quantitative estimate of drug-likeness (QED) is 0.910. The number of nitrogens with one attached hydrogen (secondary N) is 1. The highest BCUT2D eigenvalue weighted by Gasteiger charge is 2.26. The second-order valence-electron chi connectivity index (χ2n) is 5.98. The lowest BCUT2D eigenvalue weighted by Gasteiger charge is -2.29. The third kappa shape index (κ3) is 4.81. The molecule has 0 unspecified atom stereocenters. The molecule has 1 rings (SSSR count). The van der Waals surface area contributed by atoms with Gasteiger partial charge in [-0.05, 0) is 52.3 Å². The number of alkyl carbamates (subject to hydrolysis) is 1. The van der Waals surface area contributed by atoms with Crippen molar-refractivity contribution < 1.29 is 14.3 Å². The summed E-state index contributed by atoms with van der Waals surface area (Å²) >= 11 is 0. The van der Waals surface area contributed by atoms with Crippen LogP contribution in [0.2, 0.25) is 0 Å². The van der Waals surface area contributed by atoms with Gasteiger partial charge in [0.1, 0.15) is 11.4 Å². The highest BCUT2D eigenvalue weighted by molar-refractivity contribution is 5.69. The van der Waals surface area contributed by atoms with Crippen molar-refractivity contribution in [3.8, 4) is 5.75 Å². The molecule has 19 heavy (non-hydrogen) atoms. The number of benzene rings is 1. The van der Waals surface area contributed by atoms with Gasteiger partial charge in [-0.1, -0.05) is 12.1 Å². The van der Waals surface area contributed by atoms with Crippen molar-refractivity contribution in [1.29, 1.82) is 0 Å². The standard InChI is InChI=1S/C15H23NO3/c1-14(2,3)19-13(17)16-15(4,5)11-8-7-9-12(10-11)18-6/h7-10H,1-6H3,(H,16,17). The van der Waals surface area contributed by atoms with E-state index in [2.05, 4.69) is 5.32 Å². The molecule has 0 aliphatic heterocycles. The normalized spacial score (nSPS) is 11.9. The van der Waals surface area contributed by atoms with Crippen LogP contribution < -0.4 is 10.1 Å². The van der Waals surface area contributed by atoms with E-state index in [-0.39, 0.29) is 0 Å². The topological polar surface area (TPSA) is 47.6 Å². The van der Waals surface area contributed by atoms with Crippen LogP contribution in [-0.2, 0) is 10.3 Å². The van der Waals surface area contributed by atoms with E-state index in [9.17, 15) is 4.79 Å². The SMILES string of the molecule is COc1cccc(C(C)(C)NC(=O)OC(C)(C)C)c1. The Kier molecular flexibility index (Phi) is 4.45. The summed E-state index contributed by atoms with van der Waals surface area (Å²) in [5.41, 5.74) is -0.0801. The number of carbonyl (C=O) groups excluding carboxylic acids is 1. The number of ether oxygens (including phenoxy) is 2. The maximum absolute atomic E-state index is 11.8. The first-order valence-electron chi connectivity index (χ1n) is 6.30. The van der Waals surface area contributed by atoms with Crippen LogP contribution in [-0.4, -0.2) is 18.8 Å². The van der Waals surface area contributed by atoms with E-state index in [1.807, 2.05) is 58.9 Å². The fraction of sp³-hybridized carbons (Fsp3) is 0.533. The highest BCUT2D eigenvalue weighted by atomic mass is 16.6. The first-order chi connectivity index (χ1) is 8.64. The molecule has 0 saturated heterocycles. The molecule has 0 bridgehead atoms. The van der Waals surface area contributed by atoms with Crippen molar-refractivity contribution >= 4 is 6.09 Å². The van der Waals surface area contributed by atoms with Gasteiger partial charge in [-0.25, -0.2) is 4.79 Å². The van der Waals surface area contributed by atoms with Gasteiger partial charge >= 0.3 is 6.09 Å². The molecule has 0 aliphatic carbocycles. The van der Waals surface area contributed by atoms with E-state index in [0.29, 0.717) is 0 Å². The minimum absolute atomic E-state index is 0.430. The van der Waals surface area contributed by atoms with Crippen LogP contribution in [0.1, 0.15) is 40.2 Å². The molecule has 0 spiro atoms. The Balaban J connectivity index is 2.82. The van der Waals surface area contributed by atoms with Gasteiger partial charge in [0, 0.05) is 0 Å². The Hall–Kier alpha value is -1.71. The van der Waals surface area contributed by atoms with Gasteiger partial charge in [0.15, 0.2) is 0 Å². The van der Waals surface area contributed by atoms with Gasteiger partial charge in [-0.15, -0.1) is 0 Å². The number of hydrogen-bond acceptors (Lipinski definition) is 3. The van der Waals surface area contributed by atoms with Gasteiger partial charge < -0.3 is 14.8 Å². The first-order valence-corrected chi connectivity index (χ1v) is 6.30. The monoisotopic (exact) mass is 265 g/mol. The maximum Gasteiger partial charge on any atom is 0.408 e. The predicted molar refractivity (Wildman–Crippen MR) is 75.4 cm³/mol. The fourth-order valence-electron chi connectivity index (χ4n) is 1.64. The summed E-state index contributed by atoms with van der Waals surface area (Å²) in [6.45, 7) is 9.36. The molecule has 0 aliphatic rings. The summed E-state index contributed by atoms with van der Waals surface area (Å²) < 4.78 is 10.5. The molecule has 1 aromatic rings. The Morgan fingerprint density at radius 2 is 1.79 bits per heavy atom. The molecule has 1 N–H and O–H groups in total. The molecule has 0 aromatic heterocycles. The molecule has 106 valence electrons. The number of methoxy groups -OCH3 is 1. The Bertz CT molecular complexity index is 447. The zero-order valence-electron chi connectivity index (χ0n) is 12.5. The van der Waals surface area contributed by atoms with Crippen molar-refractivity contribution in [2.75, 3.05) is 7.11 Å². The number of amides is 1. The summed E-state index contributed by atoms with van der Waals surface area (Å²) in [4.78, 5) is 11.8. The van der Waals surface area contributed by atoms with E-state index in [1.54, 1.807) is 7.11 Å². The van der Waals surface area contributed by atoms with Gasteiger partial charge in [-0.3, -0.25) is 0 Å². The van der Waals surface area contributed by atoms with E-state index in [0.717, 1.165) is 11.3 Å². The Morgan fingerprint density at radius 3 is 2.32 bits per heavy atom. The van der Waals surface area contributed by atoms with E-state index in [4.69, 9.17) is 9.47 Å². The van der Waals surface area contributed by atoms with Gasteiger partial charge in [0.2, 0.25) is 0 Å². The minimum atomic E-state index is -0.531. The second-order valence-corrected chi connectivity index (χ2v) is 5.98. The molecule has 1 aromatic carbocycles. The number of carbonyl (C=O) groups is 1. The maximum atomic E-state index is 11.8. The number of hydrogen-bond donors (Lipinski definition) is 1. The predicted octanol–water partition coefficient (Wildman–Crippen LogP) is 3.46. The fourth-order valence-corrected chi connectivity index (χ4v) is 1.64. The summed E-state index contributed by atoms with van der Waals surface area (Å²) in [6.07, 6.45) is -0.430. The van der Waals surface area contributed by atoms with Crippen LogP contribution in [0.4, 0.5) is 4.79 Å². The third-order valence-electron chi connectivity index (χ3n) is 2.60. The van der Waals surface area contributed by atoms with Gasteiger partial charge in [0.05, 0.1) is 12.6 Å². The van der Waals surface area contributed by atoms with Crippen molar-refractivity contribution in [1.82, 2.24) is 5.32 Å². The lowest BCUT2D eigenvalue weighted by Crippen LogP contribution is -2.43.